The second-order valence-corrected chi connectivity index (χ2v) is 5.37. The predicted molar refractivity (Wildman–Crippen MR) is 86.8 cm³/mol. The Morgan fingerprint density at radius 3 is 1.35 bits per heavy atom. The van der Waals surface area contributed by atoms with E-state index in [0.717, 1.165) is 0 Å². The zero-order valence-electron chi connectivity index (χ0n) is 12.2. The van der Waals surface area contributed by atoms with Crippen LogP contribution >= 0.6 is 0 Å². The molecule has 1 aliphatic carbocycles. The molecule has 0 aromatic heterocycles. The van der Waals surface area contributed by atoms with E-state index in [1.165, 1.54) is 43.2 Å². The van der Waals surface area contributed by atoms with Gasteiger partial charge in [-0.25, -0.2) is 0 Å². The fourth-order valence-corrected chi connectivity index (χ4v) is 3.41. The monoisotopic (exact) mass is 270 g/mol. The van der Waals surface area contributed by atoms with Gasteiger partial charge in [-0.05, 0) is 24.0 Å². The second kappa shape index (κ2) is 7.22. The number of benzene rings is 2. The van der Waals surface area contributed by atoms with Crippen LogP contribution in [0, 0.1) is 0 Å². The molecule has 0 unspecified atom stereocenters. The molecular weight excluding hydrogens is 244 g/mol. The molecule has 0 aliphatic heterocycles. The first kappa shape index (κ1) is 16.4. The minimum atomic E-state index is 0. The fourth-order valence-electron chi connectivity index (χ4n) is 3.41. The van der Waals surface area contributed by atoms with Crippen LogP contribution < -0.4 is 12.3 Å². The molecule has 0 amide bonds. The number of hydrogen-bond donors (Lipinski definition) is 2. The summed E-state index contributed by atoms with van der Waals surface area (Å²) < 4.78 is 0. The lowest BCUT2D eigenvalue weighted by atomic mass is 9.65. The first-order chi connectivity index (χ1) is 8.92. The maximum atomic E-state index is 2.30. The van der Waals surface area contributed by atoms with Crippen LogP contribution in [-0.2, 0) is 5.41 Å². The van der Waals surface area contributed by atoms with Crippen molar-refractivity contribution < 1.29 is 0 Å². The molecule has 20 heavy (non-hydrogen) atoms. The molecule has 1 saturated carbocycles. The molecule has 6 N–H and O–H groups in total. The molecule has 0 spiro atoms. The molecule has 0 bridgehead atoms. The summed E-state index contributed by atoms with van der Waals surface area (Å²) in [5.74, 6) is 0. The Kier molecular flexibility index (Phi) is 5.93. The third-order valence-electron chi connectivity index (χ3n) is 4.36. The van der Waals surface area contributed by atoms with E-state index in [1.54, 1.807) is 0 Å². The Labute approximate surface area is 122 Å². The molecule has 1 aliphatic rings. The van der Waals surface area contributed by atoms with Crippen LogP contribution in [0.2, 0.25) is 0 Å². The Bertz CT molecular complexity index is 446. The molecule has 0 heterocycles. The Balaban J connectivity index is 0.000001000. The van der Waals surface area contributed by atoms with E-state index in [2.05, 4.69) is 60.7 Å². The van der Waals surface area contributed by atoms with Crippen molar-refractivity contribution in [3.05, 3.63) is 71.8 Å². The highest BCUT2D eigenvalue weighted by atomic mass is 14.4. The van der Waals surface area contributed by atoms with Crippen molar-refractivity contribution in [1.29, 1.82) is 0 Å². The van der Waals surface area contributed by atoms with Gasteiger partial charge >= 0.3 is 0 Å². The molecule has 2 aromatic rings. The number of rotatable bonds is 2. The van der Waals surface area contributed by atoms with Crippen LogP contribution in [0.15, 0.2) is 60.7 Å². The zero-order valence-corrected chi connectivity index (χ0v) is 12.2. The van der Waals surface area contributed by atoms with Gasteiger partial charge in [0.2, 0.25) is 0 Å². The van der Waals surface area contributed by atoms with E-state index in [-0.39, 0.29) is 17.7 Å². The summed E-state index contributed by atoms with van der Waals surface area (Å²) in [4.78, 5) is 0. The molecule has 3 rings (SSSR count). The van der Waals surface area contributed by atoms with Gasteiger partial charge in [-0.2, -0.15) is 0 Å². The minimum Gasteiger partial charge on any atom is -0.344 e. The van der Waals surface area contributed by atoms with Gasteiger partial charge in [-0.1, -0.05) is 79.9 Å². The highest BCUT2D eigenvalue weighted by Crippen LogP contribution is 2.44. The molecule has 0 radical (unpaired) electrons. The second-order valence-electron chi connectivity index (χ2n) is 5.37. The summed E-state index contributed by atoms with van der Waals surface area (Å²) in [5.41, 5.74) is 3.26. The zero-order chi connectivity index (χ0) is 12.3. The Morgan fingerprint density at radius 2 is 0.950 bits per heavy atom. The van der Waals surface area contributed by atoms with Gasteiger partial charge in [0.15, 0.2) is 0 Å². The van der Waals surface area contributed by atoms with Crippen LogP contribution in [0.3, 0.4) is 0 Å². The molecule has 2 aromatic carbocycles. The maximum absolute atomic E-state index is 2.30. The summed E-state index contributed by atoms with van der Waals surface area (Å²) in [7, 11) is 0. The van der Waals surface area contributed by atoms with Gasteiger partial charge in [0.1, 0.15) is 0 Å². The topological polar surface area (TPSA) is 70.0 Å². The van der Waals surface area contributed by atoms with Crippen molar-refractivity contribution in [2.45, 2.75) is 37.5 Å². The standard InChI is InChI=1S/C18H20.2H3N/c1-4-10-16(11-5-1)18(14-8-3-9-15-18)17-12-6-2-7-13-17;;/h1-2,4-7,10-13H,3,8-9,14-15H2;2*1H3. The van der Waals surface area contributed by atoms with Crippen molar-refractivity contribution >= 4 is 0 Å². The molecule has 108 valence electrons. The first-order valence-corrected chi connectivity index (χ1v) is 7.03. The van der Waals surface area contributed by atoms with Crippen molar-refractivity contribution in [3.63, 3.8) is 0 Å². The average Bonchev–Trinajstić information content (AvgIpc) is 2.50. The van der Waals surface area contributed by atoms with E-state index in [0.29, 0.717) is 0 Å². The smallest absolute Gasteiger partial charge is 0.0202 e. The summed E-state index contributed by atoms with van der Waals surface area (Å²) >= 11 is 0. The molecule has 1 fully saturated rings. The van der Waals surface area contributed by atoms with E-state index in [9.17, 15) is 0 Å². The third-order valence-corrected chi connectivity index (χ3v) is 4.36. The van der Waals surface area contributed by atoms with Crippen molar-refractivity contribution in [2.24, 2.45) is 0 Å². The van der Waals surface area contributed by atoms with E-state index in [1.807, 2.05) is 0 Å². The normalized spacial score (nSPS) is 16.6. The largest absolute Gasteiger partial charge is 0.344 e. The predicted octanol–water partition coefficient (Wildman–Crippen LogP) is 5.26. The fraction of sp³-hybridized carbons (Fsp3) is 0.333. The van der Waals surface area contributed by atoms with Crippen LogP contribution in [-0.4, -0.2) is 0 Å². The molecule has 2 heteroatoms. The van der Waals surface area contributed by atoms with Crippen molar-refractivity contribution in [2.75, 3.05) is 0 Å². The summed E-state index contributed by atoms with van der Waals surface area (Å²) in [6.07, 6.45) is 6.68. The third kappa shape index (κ3) is 2.92. The summed E-state index contributed by atoms with van der Waals surface area (Å²) in [6.45, 7) is 0. The minimum absolute atomic E-state index is 0. The van der Waals surface area contributed by atoms with E-state index in [4.69, 9.17) is 0 Å². The average molecular weight is 270 g/mol. The highest BCUT2D eigenvalue weighted by Gasteiger charge is 2.35. The van der Waals surface area contributed by atoms with Crippen molar-refractivity contribution in [3.8, 4) is 0 Å². The van der Waals surface area contributed by atoms with Gasteiger partial charge in [0.25, 0.3) is 0 Å². The first-order valence-electron chi connectivity index (χ1n) is 7.03. The lowest BCUT2D eigenvalue weighted by Gasteiger charge is -2.38. The summed E-state index contributed by atoms with van der Waals surface area (Å²) in [6, 6.07) is 22.1. The summed E-state index contributed by atoms with van der Waals surface area (Å²) in [5, 5.41) is 0. The van der Waals surface area contributed by atoms with E-state index < -0.39 is 0 Å². The lowest BCUT2D eigenvalue weighted by Crippen LogP contribution is -2.30. The Morgan fingerprint density at radius 1 is 0.550 bits per heavy atom. The van der Waals surface area contributed by atoms with E-state index >= 15 is 0 Å². The van der Waals surface area contributed by atoms with Gasteiger partial charge in [-0.15, -0.1) is 0 Å². The van der Waals surface area contributed by atoms with Gasteiger partial charge in [0.05, 0.1) is 0 Å². The van der Waals surface area contributed by atoms with Gasteiger partial charge in [-0.3, -0.25) is 0 Å². The molecular formula is C18H26N2. The van der Waals surface area contributed by atoms with Crippen LogP contribution in [0.25, 0.3) is 0 Å². The molecule has 2 nitrogen and oxygen atoms in total. The van der Waals surface area contributed by atoms with Crippen LogP contribution in [0.1, 0.15) is 43.2 Å². The van der Waals surface area contributed by atoms with Gasteiger partial charge in [0, 0.05) is 5.41 Å². The van der Waals surface area contributed by atoms with Crippen LogP contribution in [0.5, 0.6) is 0 Å². The SMILES string of the molecule is N.N.c1ccc(C2(c3ccccc3)CCCCC2)cc1. The van der Waals surface area contributed by atoms with Crippen LogP contribution in [0.4, 0.5) is 0 Å². The molecule has 0 saturated heterocycles. The highest BCUT2D eigenvalue weighted by molar-refractivity contribution is 5.39. The Hall–Kier alpha value is -1.64. The number of hydrogen-bond acceptors (Lipinski definition) is 2. The van der Waals surface area contributed by atoms with Crippen molar-refractivity contribution in [1.82, 2.24) is 12.3 Å². The van der Waals surface area contributed by atoms with Gasteiger partial charge < -0.3 is 12.3 Å². The quantitative estimate of drug-likeness (QED) is 0.781. The maximum Gasteiger partial charge on any atom is 0.0202 e. The lowest BCUT2D eigenvalue weighted by molar-refractivity contribution is 0.346. The molecule has 0 atom stereocenters.